The van der Waals surface area contributed by atoms with E-state index in [4.69, 9.17) is 4.74 Å². The summed E-state index contributed by atoms with van der Waals surface area (Å²) in [5.74, 6) is -0.525. The molecule has 1 saturated heterocycles. The van der Waals surface area contributed by atoms with E-state index in [1.165, 1.54) is 0 Å². The minimum Gasteiger partial charge on any atom is -0.379 e. The monoisotopic (exact) mass is 251 g/mol. The summed E-state index contributed by atoms with van der Waals surface area (Å²) in [6.45, 7) is 4.42. The van der Waals surface area contributed by atoms with Crippen molar-refractivity contribution in [3.8, 4) is 0 Å². The molecule has 1 fully saturated rings. The van der Waals surface area contributed by atoms with E-state index < -0.39 is 16.1 Å². The number of amides is 1. The van der Waals surface area contributed by atoms with E-state index in [-0.39, 0.29) is 13.1 Å². The van der Waals surface area contributed by atoms with E-state index in [0.29, 0.717) is 26.3 Å². The van der Waals surface area contributed by atoms with Crippen LogP contribution in [-0.4, -0.2) is 58.6 Å². The lowest BCUT2D eigenvalue weighted by molar-refractivity contribution is -0.121. The molecule has 0 bridgehead atoms. The Morgan fingerprint density at radius 2 is 2.00 bits per heavy atom. The smallest absolute Gasteiger partial charge is 0.301 e. The lowest BCUT2D eigenvalue weighted by Crippen LogP contribution is -2.47. The Bertz CT molecular complexity index is 324. The maximum Gasteiger partial charge on any atom is 0.301 e. The highest BCUT2D eigenvalue weighted by atomic mass is 32.2. The third-order valence-electron chi connectivity index (χ3n) is 2.05. The van der Waals surface area contributed by atoms with E-state index in [9.17, 15) is 13.2 Å². The molecule has 0 aromatic rings. The van der Waals surface area contributed by atoms with Crippen molar-refractivity contribution in [3.05, 3.63) is 0 Å². The molecule has 8 heteroatoms. The van der Waals surface area contributed by atoms with Crippen LogP contribution in [0.5, 0.6) is 0 Å². The summed E-state index contributed by atoms with van der Waals surface area (Å²) >= 11 is 0. The molecule has 0 aromatic carbocycles. The summed E-state index contributed by atoms with van der Waals surface area (Å²) in [4.78, 5) is 13.2. The molecule has 0 radical (unpaired) electrons. The first-order valence-corrected chi connectivity index (χ1v) is 6.62. The second-order valence-electron chi connectivity index (χ2n) is 3.42. The van der Waals surface area contributed by atoms with Crippen LogP contribution < -0.4 is 9.44 Å². The van der Waals surface area contributed by atoms with Gasteiger partial charge in [-0.05, 0) is 0 Å². The molecule has 0 aliphatic carbocycles. The number of morpholine rings is 1. The van der Waals surface area contributed by atoms with Gasteiger partial charge >= 0.3 is 10.2 Å². The first kappa shape index (κ1) is 13.4. The first-order chi connectivity index (χ1) is 7.53. The third kappa shape index (κ3) is 4.88. The zero-order chi connectivity index (χ0) is 12.0. The molecule has 0 unspecified atom stereocenters. The quantitative estimate of drug-likeness (QED) is 0.607. The molecule has 0 spiro atoms. The maximum absolute atomic E-state index is 11.4. The van der Waals surface area contributed by atoms with E-state index in [0.717, 1.165) is 0 Å². The molecule has 0 atom stereocenters. The standard InChI is InChI=1S/C8H17N3O4S/c1-2-9-16(13,14)10-8(12)7-11-3-5-15-6-4-11/h9H,2-7H2,1H3,(H,10,12). The molecule has 1 rings (SSSR count). The Morgan fingerprint density at radius 1 is 1.38 bits per heavy atom. The molecule has 1 aliphatic heterocycles. The van der Waals surface area contributed by atoms with Crippen molar-refractivity contribution in [2.75, 3.05) is 39.4 Å². The van der Waals surface area contributed by atoms with Gasteiger partial charge in [0.05, 0.1) is 19.8 Å². The van der Waals surface area contributed by atoms with Crippen LogP contribution in [0, 0.1) is 0 Å². The summed E-state index contributed by atoms with van der Waals surface area (Å²) in [6.07, 6.45) is 0. The van der Waals surface area contributed by atoms with Gasteiger partial charge in [-0.1, -0.05) is 6.92 Å². The Hall–Kier alpha value is -0.700. The summed E-state index contributed by atoms with van der Waals surface area (Å²) in [6, 6.07) is 0. The number of nitrogens with one attached hydrogen (secondary N) is 2. The van der Waals surface area contributed by atoms with Crippen molar-refractivity contribution < 1.29 is 17.9 Å². The second kappa shape index (κ2) is 6.14. The lowest BCUT2D eigenvalue weighted by atomic mass is 10.4. The molecule has 1 amide bonds. The van der Waals surface area contributed by atoms with Crippen LogP contribution in [0.2, 0.25) is 0 Å². The second-order valence-corrected chi connectivity index (χ2v) is 4.91. The van der Waals surface area contributed by atoms with Gasteiger partial charge in [0.25, 0.3) is 0 Å². The number of carbonyl (C=O) groups excluding carboxylic acids is 1. The van der Waals surface area contributed by atoms with Gasteiger partial charge < -0.3 is 4.74 Å². The minimum atomic E-state index is -3.69. The third-order valence-corrected chi connectivity index (χ3v) is 3.22. The van der Waals surface area contributed by atoms with Crippen LogP contribution in [0.1, 0.15) is 6.92 Å². The zero-order valence-corrected chi connectivity index (χ0v) is 10.0. The minimum absolute atomic E-state index is 0.0774. The van der Waals surface area contributed by atoms with Crippen LogP contribution in [0.3, 0.4) is 0 Å². The Labute approximate surface area is 95.3 Å². The van der Waals surface area contributed by atoms with Crippen molar-refractivity contribution in [2.45, 2.75) is 6.92 Å². The van der Waals surface area contributed by atoms with Crippen LogP contribution >= 0.6 is 0 Å². The van der Waals surface area contributed by atoms with E-state index in [2.05, 4.69) is 4.72 Å². The van der Waals surface area contributed by atoms with Gasteiger partial charge in [-0.25, -0.2) is 4.72 Å². The van der Waals surface area contributed by atoms with Crippen molar-refractivity contribution in [2.24, 2.45) is 0 Å². The van der Waals surface area contributed by atoms with Gasteiger partial charge in [0, 0.05) is 19.6 Å². The normalized spacial score (nSPS) is 18.3. The van der Waals surface area contributed by atoms with E-state index >= 15 is 0 Å². The van der Waals surface area contributed by atoms with Crippen molar-refractivity contribution in [3.63, 3.8) is 0 Å². The SMILES string of the molecule is CCNS(=O)(=O)NC(=O)CN1CCOCC1. The van der Waals surface area contributed by atoms with Gasteiger partial charge in [-0.15, -0.1) is 0 Å². The molecular formula is C8H17N3O4S. The van der Waals surface area contributed by atoms with Crippen LogP contribution in [-0.2, 0) is 19.7 Å². The fourth-order valence-electron chi connectivity index (χ4n) is 1.37. The van der Waals surface area contributed by atoms with Crippen LogP contribution in [0.4, 0.5) is 0 Å². The average molecular weight is 251 g/mol. The zero-order valence-electron chi connectivity index (χ0n) is 9.23. The highest BCUT2D eigenvalue weighted by molar-refractivity contribution is 7.88. The van der Waals surface area contributed by atoms with Crippen molar-refractivity contribution in [1.29, 1.82) is 0 Å². The highest BCUT2D eigenvalue weighted by Crippen LogP contribution is 1.95. The largest absolute Gasteiger partial charge is 0.379 e. The van der Waals surface area contributed by atoms with Gasteiger partial charge in [0.2, 0.25) is 5.91 Å². The van der Waals surface area contributed by atoms with Gasteiger partial charge in [-0.3, -0.25) is 9.69 Å². The molecule has 1 heterocycles. The van der Waals surface area contributed by atoms with Gasteiger partial charge in [-0.2, -0.15) is 13.1 Å². The molecule has 7 nitrogen and oxygen atoms in total. The fraction of sp³-hybridized carbons (Fsp3) is 0.875. The fourth-order valence-corrected chi connectivity index (χ4v) is 2.19. The number of hydrogen-bond acceptors (Lipinski definition) is 5. The molecule has 2 N–H and O–H groups in total. The molecule has 0 aromatic heterocycles. The van der Waals surface area contributed by atoms with Crippen LogP contribution in [0.15, 0.2) is 0 Å². The topological polar surface area (TPSA) is 87.7 Å². The molecular weight excluding hydrogens is 234 g/mol. The van der Waals surface area contributed by atoms with E-state index in [1.807, 2.05) is 9.62 Å². The first-order valence-electron chi connectivity index (χ1n) is 5.14. The Morgan fingerprint density at radius 3 is 2.56 bits per heavy atom. The van der Waals surface area contributed by atoms with E-state index in [1.54, 1.807) is 6.92 Å². The molecule has 1 aliphatic rings. The van der Waals surface area contributed by atoms with Crippen LogP contribution in [0.25, 0.3) is 0 Å². The molecule has 94 valence electrons. The number of hydrogen-bond donors (Lipinski definition) is 2. The van der Waals surface area contributed by atoms with Crippen molar-refractivity contribution >= 4 is 16.1 Å². The van der Waals surface area contributed by atoms with Gasteiger partial charge in [0.15, 0.2) is 0 Å². The van der Waals surface area contributed by atoms with Crippen molar-refractivity contribution in [1.82, 2.24) is 14.3 Å². The molecule has 0 saturated carbocycles. The summed E-state index contributed by atoms with van der Waals surface area (Å²) in [5.41, 5.74) is 0. The Balaban J connectivity index is 2.34. The summed E-state index contributed by atoms with van der Waals surface area (Å²) in [5, 5.41) is 0. The molecule has 16 heavy (non-hydrogen) atoms. The number of rotatable bonds is 5. The predicted molar refractivity (Wildman–Crippen MR) is 58.0 cm³/mol. The highest BCUT2D eigenvalue weighted by Gasteiger charge is 2.17. The summed E-state index contributed by atoms with van der Waals surface area (Å²) in [7, 11) is -3.69. The predicted octanol–water partition coefficient (Wildman–Crippen LogP) is -1.71. The number of nitrogens with zero attached hydrogens (tertiary/aromatic N) is 1. The van der Waals surface area contributed by atoms with Gasteiger partial charge in [0.1, 0.15) is 0 Å². The lowest BCUT2D eigenvalue weighted by Gasteiger charge is -2.25. The average Bonchev–Trinajstić information content (AvgIpc) is 2.17. The Kier molecular flexibility index (Phi) is 5.13. The maximum atomic E-state index is 11.4. The summed E-state index contributed by atoms with van der Waals surface area (Å²) < 4.78 is 31.6. The number of carbonyl (C=O) groups is 1. The number of ether oxygens (including phenoxy) is 1.